The molecule has 0 aliphatic carbocycles. The number of carbonyl (C=O) groups is 2. The minimum absolute atomic E-state index is 0.143. The number of amides is 2. The predicted molar refractivity (Wildman–Crippen MR) is 166 cm³/mol. The Morgan fingerprint density at radius 3 is 2.44 bits per heavy atom. The molecule has 2 N–H and O–H groups in total. The molecule has 5 rings (SSSR count). The molecule has 1 unspecified atom stereocenters. The van der Waals surface area contributed by atoms with E-state index in [0.717, 1.165) is 5.56 Å². The van der Waals surface area contributed by atoms with Gasteiger partial charge in [0, 0.05) is 47.7 Å². The van der Waals surface area contributed by atoms with Crippen LogP contribution >= 0.6 is 11.6 Å². The van der Waals surface area contributed by atoms with Crippen molar-refractivity contribution in [1.29, 1.82) is 0 Å². The average Bonchev–Trinajstić information content (AvgIpc) is 3.30. The van der Waals surface area contributed by atoms with E-state index in [1.165, 1.54) is 9.47 Å². The molecule has 0 bridgehead atoms. The molecule has 4 aromatic rings. The lowest BCUT2D eigenvalue weighted by molar-refractivity contribution is 0.0506. The lowest BCUT2D eigenvalue weighted by atomic mass is 10.1. The number of alkyl carbamates (subject to hydrolysis) is 1. The van der Waals surface area contributed by atoms with E-state index in [-0.39, 0.29) is 30.6 Å². The zero-order chi connectivity index (χ0) is 30.7. The molecule has 11 heteroatoms. The smallest absolute Gasteiger partial charge is 0.407 e. The first-order valence-electron chi connectivity index (χ1n) is 13.9. The van der Waals surface area contributed by atoms with Crippen LogP contribution in [0.3, 0.4) is 0 Å². The van der Waals surface area contributed by atoms with Crippen LogP contribution in [0.25, 0.3) is 11.3 Å². The Bertz CT molecular complexity index is 1700. The summed E-state index contributed by atoms with van der Waals surface area (Å²) in [5.41, 5.74) is 2.15. The molecule has 0 spiro atoms. The Hall–Kier alpha value is -4.70. The van der Waals surface area contributed by atoms with Crippen molar-refractivity contribution in [2.45, 2.75) is 45.4 Å². The number of pyridine rings is 1. The number of anilines is 2. The summed E-state index contributed by atoms with van der Waals surface area (Å²) in [6.07, 6.45) is 3.17. The second-order valence-electron chi connectivity index (χ2n) is 11.3. The van der Waals surface area contributed by atoms with E-state index in [0.29, 0.717) is 33.8 Å². The van der Waals surface area contributed by atoms with Gasteiger partial charge in [0.05, 0.1) is 12.6 Å². The van der Waals surface area contributed by atoms with Crippen molar-refractivity contribution in [3.05, 3.63) is 105 Å². The molecular weight excluding hydrogens is 568 g/mol. The highest BCUT2D eigenvalue weighted by Gasteiger charge is 2.34. The summed E-state index contributed by atoms with van der Waals surface area (Å²) in [6.45, 7) is 5.80. The number of halogens is 1. The highest BCUT2D eigenvalue weighted by molar-refractivity contribution is 6.32. The minimum atomic E-state index is -0.660. The fourth-order valence-corrected chi connectivity index (χ4v) is 5.17. The number of hydrogen-bond acceptors (Lipinski definition) is 7. The number of carbonyl (C=O) groups excluding carboxylic acids is 2. The van der Waals surface area contributed by atoms with Crippen LogP contribution in [0.5, 0.6) is 0 Å². The van der Waals surface area contributed by atoms with Crippen LogP contribution in [-0.2, 0) is 24.8 Å². The molecular formula is C32H33ClN6O4. The molecule has 0 saturated carbocycles. The zero-order valence-corrected chi connectivity index (χ0v) is 25.2. The highest BCUT2D eigenvalue weighted by Crippen LogP contribution is 2.35. The van der Waals surface area contributed by atoms with Gasteiger partial charge in [-0.1, -0.05) is 48.0 Å². The SMILES string of the molecule is Cn1c(NCC(Cc2ccccc2)NC(=O)OC(C)(C)C)nc(-c2ccncc2)c(N2Cc3c(Cl)cccc3C2=O)c1=O. The molecule has 1 atom stereocenters. The van der Waals surface area contributed by atoms with Gasteiger partial charge in [-0.25, -0.2) is 9.78 Å². The van der Waals surface area contributed by atoms with Crippen molar-refractivity contribution in [1.82, 2.24) is 19.9 Å². The van der Waals surface area contributed by atoms with Crippen molar-refractivity contribution >= 4 is 35.2 Å². The molecule has 0 radical (unpaired) electrons. The largest absolute Gasteiger partial charge is 0.444 e. The Balaban J connectivity index is 1.49. The number of ether oxygens (including phenoxy) is 1. The Labute approximate surface area is 254 Å². The van der Waals surface area contributed by atoms with E-state index in [2.05, 4.69) is 15.6 Å². The number of nitrogens with one attached hydrogen (secondary N) is 2. The van der Waals surface area contributed by atoms with Crippen molar-refractivity contribution < 1.29 is 14.3 Å². The van der Waals surface area contributed by atoms with Gasteiger partial charge in [0.15, 0.2) is 0 Å². The van der Waals surface area contributed by atoms with Crippen molar-refractivity contribution in [2.24, 2.45) is 7.05 Å². The van der Waals surface area contributed by atoms with Gasteiger partial charge in [-0.05, 0) is 57.0 Å². The molecule has 10 nitrogen and oxygen atoms in total. The molecule has 222 valence electrons. The Morgan fingerprint density at radius 2 is 1.77 bits per heavy atom. The number of aromatic nitrogens is 3. The quantitative estimate of drug-likeness (QED) is 0.285. The molecule has 2 aromatic heterocycles. The van der Waals surface area contributed by atoms with Crippen LogP contribution in [0.15, 0.2) is 77.9 Å². The fraction of sp³-hybridized carbons (Fsp3) is 0.281. The third kappa shape index (κ3) is 6.70. The number of fused-ring (bicyclic) bond motifs is 1. The van der Waals surface area contributed by atoms with Crippen molar-refractivity contribution in [2.75, 3.05) is 16.8 Å². The Morgan fingerprint density at radius 1 is 1.05 bits per heavy atom. The van der Waals surface area contributed by atoms with Gasteiger partial charge in [-0.2, -0.15) is 0 Å². The highest BCUT2D eigenvalue weighted by atomic mass is 35.5. The van der Waals surface area contributed by atoms with Gasteiger partial charge in [0.2, 0.25) is 5.95 Å². The van der Waals surface area contributed by atoms with E-state index in [9.17, 15) is 14.4 Å². The van der Waals surface area contributed by atoms with Gasteiger partial charge >= 0.3 is 6.09 Å². The summed E-state index contributed by atoms with van der Waals surface area (Å²) in [5.74, 6) is -0.0521. The summed E-state index contributed by atoms with van der Waals surface area (Å²) < 4.78 is 6.86. The van der Waals surface area contributed by atoms with Gasteiger partial charge < -0.3 is 15.4 Å². The second-order valence-corrected chi connectivity index (χ2v) is 11.7. The van der Waals surface area contributed by atoms with Crippen LogP contribution in [0.4, 0.5) is 16.4 Å². The predicted octanol–water partition coefficient (Wildman–Crippen LogP) is 5.20. The first-order chi connectivity index (χ1) is 20.5. The van der Waals surface area contributed by atoms with E-state index in [4.69, 9.17) is 21.3 Å². The van der Waals surface area contributed by atoms with Crippen molar-refractivity contribution in [3.63, 3.8) is 0 Å². The third-order valence-electron chi connectivity index (χ3n) is 6.95. The minimum Gasteiger partial charge on any atom is -0.444 e. The third-order valence-corrected chi connectivity index (χ3v) is 7.31. The summed E-state index contributed by atoms with van der Waals surface area (Å²) in [6, 6.07) is 18.0. The lowest BCUT2D eigenvalue weighted by Gasteiger charge is -2.25. The van der Waals surface area contributed by atoms with Gasteiger partial charge in [-0.15, -0.1) is 0 Å². The van der Waals surface area contributed by atoms with Crippen LogP contribution < -0.4 is 21.1 Å². The molecule has 1 aliphatic rings. The van der Waals surface area contributed by atoms with Gasteiger partial charge in [0.1, 0.15) is 17.0 Å². The van der Waals surface area contributed by atoms with Gasteiger partial charge in [-0.3, -0.25) is 24.0 Å². The fourth-order valence-electron chi connectivity index (χ4n) is 4.94. The topological polar surface area (TPSA) is 118 Å². The number of hydrogen-bond donors (Lipinski definition) is 2. The molecule has 0 saturated heterocycles. The molecule has 2 amide bonds. The maximum absolute atomic E-state index is 14.0. The lowest BCUT2D eigenvalue weighted by Crippen LogP contribution is -2.44. The Kier molecular flexibility index (Phi) is 8.50. The molecule has 0 fully saturated rings. The van der Waals surface area contributed by atoms with E-state index in [1.807, 2.05) is 30.3 Å². The molecule has 1 aliphatic heterocycles. The monoisotopic (exact) mass is 600 g/mol. The summed E-state index contributed by atoms with van der Waals surface area (Å²) >= 11 is 6.41. The number of rotatable bonds is 8. The van der Waals surface area contributed by atoms with Crippen LogP contribution in [-0.4, -0.2) is 44.7 Å². The summed E-state index contributed by atoms with van der Waals surface area (Å²) in [5, 5.41) is 6.65. The molecule has 2 aromatic carbocycles. The summed E-state index contributed by atoms with van der Waals surface area (Å²) in [4.78, 5) is 50.5. The number of benzene rings is 2. The molecule has 43 heavy (non-hydrogen) atoms. The standard InChI is InChI=1S/C32H33ClN6O4/c1-32(2,3)43-31(42)36-22(17-20-9-6-5-7-10-20)18-35-30-37-26(21-13-15-34-16-14-21)27(29(41)38(30)4)39-19-24-23(28(39)40)11-8-12-25(24)33/h5-16,22H,17-19H2,1-4H3,(H,35,37)(H,36,42). The maximum atomic E-state index is 14.0. The second kappa shape index (κ2) is 12.3. The normalized spacial score (nSPS) is 13.4. The maximum Gasteiger partial charge on any atom is 0.407 e. The van der Waals surface area contributed by atoms with E-state index >= 15 is 0 Å². The van der Waals surface area contributed by atoms with Crippen molar-refractivity contribution in [3.8, 4) is 11.3 Å². The van der Waals surface area contributed by atoms with Gasteiger partial charge in [0.25, 0.3) is 11.5 Å². The number of nitrogens with zero attached hydrogens (tertiary/aromatic N) is 4. The van der Waals surface area contributed by atoms with E-state index in [1.54, 1.807) is 70.5 Å². The van der Waals surface area contributed by atoms with Crippen LogP contribution in [0, 0.1) is 0 Å². The van der Waals surface area contributed by atoms with Crippen LogP contribution in [0.2, 0.25) is 5.02 Å². The first-order valence-corrected chi connectivity index (χ1v) is 14.3. The van der Waals surface area contributed by atoms with Crippen LogP contribution in [0.1, 0.15) is 42.3 Å². The molecule has 3 heterocycles. The summed E-state index contributed by atoms with van der Waals surface area (Å²) in [7, 11) is 1.59. The average molecular weight is 601 g/mol. The van der Waals surface area contributed by atoms with E-state index < -0.39 is 23.3 Å². The first kappa shape index (κ1) is 29.8. The zero-order valence-electron chi connectivity index (χ0n) is 24.4.